The first-order chi connectivity index (χ1) is 12.2. The molecule has 0 fully saturated rings. The number of aromatic nitrogens is 1. The van der Waals surface area contributed by atoms with Crippen molar-refractivity contribution in [1.29, 1.82) is 0 Å². The first-order valence-corrected chi connectivity index (χ1v) is 10.4. The number of nitrogens with one attached hydrogen (secondary N) is 2. The molecule has 0 saturated heterocycles. The summed E-state index contributed by atoms with van der Waals surface area (Å²) in [5, 5.41) is 3.69. The number of sulfonamides is 1. The van der Waals surface area contributed by atoms with Gasteiger partial charge in [0.25, 0.3) is 10.0 Å². The van der Waals surface area contributed by atoms with Crippen LogP contribution in [0.25, 0.3) is 10.2 Å². The fraction of sp³-hybridized carbons (Fsp3) is 0.176. The van der Waals surface area contributed by atoms with Crippen LogP contribution in [0.15, 0.2) is 47.4 Å². The maximum absolute atomic E-state index is 12.4. The summed E-state index contributed by atoms with van der Waals surface area (Å²) in [4.78, 5) is 16.2. The van der Waals surface area contributed by atoms with Gasteiger partial charge in [-0.2, -0.15) is 0 Å². The molecule has 136 valence electrons. The van der Waals surface area contributed by atoms with Crippen LogP contribution in [0.3, 0.4) is 0 Å². The van der Waals surface area contributed by atoms with Gasteiger partial charge in [0.15, 0.2) is 5.13 Å². The Morgan fingerprint density at radius 2 is 1.85 bits per heavy atom. The summed E-state index contributed by atoms with van der Waals surface area (Å²) in [5.41, 5.74) is 0.991. The van der Waals surface area contributed by atoms with E-state index in [1.54, 1.807) is 32.0 Å². The number of carbonyl (C=O) groups is 1. The van der Waals surface area contributed by atoms with Crippen LogP contribution in [0.2, 0.25) is 5.02 Å². The van der Waals surface area contributed by atoms with Gasteiger partial charge in [-0.15, -0.1) is 0 Å². The molecule has 6 nitrogen and oxygen atoms in total. The zero-order chi connectivity index (χ0) is 18.9. The molecule has 0 aliphatic carbocycles. The monoisotopic (exact) mass is 409 g/mol. The molecule has 0 spiro atoms. The van der Waals surface area contributed by atoms with Crippen LogP contribution in [-0.4, -0.2) is 19.3 Å². The Morgan fingerprint density at radius 1 is 1.15 bits per heavy atom. The molecule has 0 atom stereocenters. The predicted octanol–water partition coefficient (Wildman–Crippen LogP) is 4.35. The van der Waals surface area contributed by atoms with Crippen molar-refractivity contribution in [3.05, 3.63) is 47.5 Å². The van der Waals surface area contributed by atoms with Gasteiger partial charge in [-0.1, -0.05) is 36.8 Å². The first kappa shape index (κ1) is 18.6. The van der Waals surface area contributed by atoms with Gasteiger partial charge in [0.05, 0.1) is 20.8 Å². The molecule has 2 N–H and O–H groups in total. The summed E-state index contributed by atoms with van der Waals surface area (Å²) in [5.74, 6) is -0.267. The summed E-state index contributed by atoms with van der Waals surface area (Å²) in [6.07, 6.45) is 0. The largest absolute Gasteiger partial charge is 0.302 e. The SMILES string of the molecule is CC(C)C(=O)Nc1nc2cc(NS(=O)(=O)c3ccc(Cl)cc3)ccc2s1. The third kappa shape index (κ3) is 4.14. The molecule has 1 amide bonds. The molecule has 1 aromatic heterocycles. The Bertz CT molecular complexity index is 1060. The van der Waals surface area contributed by atoms with E-state index >= 15 is 0 Å². The van der Waals surface area contributed by atoms with Gasteiger partial charge in [0, 0.05) is 10.9 Å². The van der Waals surface area contributed by atoms with Crippen molar-refractivity contribution in [2.75, 3.05) is 10.0 Å². The highest BCUT2D eigenvalue weighted by atomic mass is 35.5. The lowest BCUT2D eigenvalue weighted by Crippen LogP contribution is -2.17. The van der Waals surface area contributed by atoms with Crippen molar-refractivity contribution in [1.82, 2.24) is 4.98 Å². The Hall–Kier alpha value is -2.16. The van der Waals surface area contributed by atoms with E-state index < -0.39 is 10.0 Å². The number of fused-ring (bicyclic) bond motifs is 1. The van der Waals surface area contributed by atoms with E-state index in [1.165, 1.54) is 35.6 Å². The van der Waals surface area contributed by atoms with Crippen molar-refractivity contribution < 1.29 is 13.2 Å². The highest BCUT2D eigenvalue weighted by Gasteiger charge is 2.15. The quantitative estimate of drug-likeness (QED) is 0.655. The summed E-state index contributed by atoms with van der Waals surface area (Å²) in [7, 11) is -3.72. The van der Waals surface area contributed by atoms with Gasteiger partial charge in [-0.25, -0.2) is 13.4 Å². The number of anilines is 2. The van der Waals surface area contributed by atoms with Crippen LogP contribution >= 0.6 is 22.9 Å². The molecule has 1 heterocycles. The third-order valence-corrected chi connectivity index (χ3v) is 6.12. The maximum Gasteiger partial charge on any atom is 0.261 e. The van der Waals surface area contributed by atoms with E-state index in [4.69, 9.17) is 11.6 Å². The molecule has 0 radical (unpaired) electrons. The topological polar surface area (TPSA) is 88.2 Å². The summed E-state index contributed by atoms with van der Waals surface area (Å²) in [6.45, 7) is 3.60. The molecule has 0 unspecified atom stereocenters. The number of hydrogen-bond acceptors (Lipinski definition) is 5. The van der Waals surface area contributed by atoms with Crippen LogP contribution in [0, 0.1) is 5.92 Å². The summed E-state index contributed by atoms with van der Waals surface area (Å²) >= 11 is 7.13. The number of thiazole rings is 1. The molecular weight excluding hydrogens is 394 g/mol. The molecule has 3 rings (SSSR count). The highest BCUT2D eigenvalue weighted by molar-refractivity contribution is 7.92. The van der Waals surface area contributed by atoms with Crippen LogP contribution in [0.5, 0.6) is 0 Å². The van der Waals surface area contributed by atoms with Crippen molar-refractivity contribution in [2.45, 2.75) is 18.7 Å². The van der Waals surface area contributed by atoms with Gasteiger partial charge >= 0.3 is 0 Å². The molecule has 0 aliphatic heterocycles. The second-order valence-electron chi connectivity index (χ2n) is 5.90. The van der Waals surface area contributed by atoms with Crippen molar-refractivity contribution in [2.24, 2.45) is 5.92 Å². The van der Waals surface area contributed by atoms with Crippen LogP contribution in [0.4, 0.5) is 10.8 Å². The van der Waals surface area contributed by atoms with Crippen molar-refractivity contribution in [3.8, 4) is 0 Å². The van der Waals surface area contributed by atoms with Crippen LogP contribution in [-0.2, 0) is 14.8 Å². The van der Waals surface area contributed by atoms with E-state index in [-0.39, 0.29) is 16.7 Å². The molecular formula is C17H16ClN3O3S2. The normalized spacial score (nSPS) is 11.7. The molecule has 9 heteroatoms. The molecule has 26 heavy (non-hydrogen) atoms. The lowest BCUT2D eigenvalue weighted by Gasteiger charge is -2.08. The van der Waals surface area contributed by atoms with Gasteiger partial charge < -0.3 is 5.32 Å². The van der Waals surface area contributed by atoms with E-state index in [9.17, 15) is 13.2 Å². The second-order valence-corrected chi connectivity index (χ2v) is 9.05. The van der Waals surface area contributed by atoms with E-state index in [1.807, 2.05) is 0 Å². The van der Waals surface area contributed by atoms with E-state index in [0.717, 1.165) is 4.70 Å². The van der Waals surface area contributed by atoms with Gasteiger partial charge in [0.2, 0.25) is 5.91 Å². The average Bonchev–Trinajstić information content (AvgIpc) is 2.96. The van der Waals surface area contributed by atoms with Gasteiger partial charge in [-0.3, -0.25) is 9.52 Å². The van der Waals surface area contributed by atoms with E-state index in [0.29, 0.717) is 21.4 Å². The molecule has 0 aliphatic rings. The second kappa shape index (κ2) is 7.22. The number of rotatable bonds is 5. The number of hydrogen-bond donors (Lipinski definition) is 2. The molecule has 0 saturated carbocycles. The lowest BCUT2D eigenvalue weighted by molar-refractivity contribution is -0.118. The first-order valence-electron chi connectivity index (χ1n) is 7.74. The lowest BCUT2D eigenvalue weighted by atomic mass is 10.2. The smallest absolute Gasteiger partial charge is 0.261 e. The highest BCUT2D eigenvalue weighted by Crippen LogP contribution is 2.29. The number of amides is 1. The van der Waals surface area contributed by atoms with Gasteiger partial charge in [-0.05, 0) is 42.5 Å². The summed E-state index contributed by atoms with van der Waals surface area (Å²) < 4.78 is 28.3. The number of benzene rings is 2. The minimum Gasteiger partial charge on any atom is -0.302 e. The fourth-order valence-electron chi connectivity index (χ4n) is 2.12. The Labute approximate surface area is 160 Å². The molecule has 2 aromatic carbocycles. The minimum absolute atomic E-state index is 0.116. The van der Waals surface area contributed by atoms with Crippen molar-refractivity contribution >= 4 is 59.9 Å². The third-order valence-electron chi connectivity index (χ3n) is 3.52. The Balaban J connectivity index is 1.84. The molecule has 3 aromatic rings. The zero-order valence-electron chi connectivity index (χ0n) is 14.0. The van der Waals surface area contributed by atoms with Crippen LogP contribution < -0.4 is 10.0 Å². The number of nitrogens with zero attached hydrogens (tertiary/aromatic N) is 1. The fourth-order valence-corrected chi connectivity index (χ4v) is 4.15. The standard InChI is InChI=1S/C17H16ClN3O3S2/c1-10(2)16(22)20-17-19-14-9-12(5-8-15(14)25-17)21-26(23,24)13-6-3-11(18)4-7-13/h3-10,21H,1-2H3,(H,19,20,22). The predicted molar refractivity (Wildman–Crippen MR) is 105 cm³/mol. The van der Waals surface area contributed by atoms with Crippen LogP contribution in [0.1, 0.15) is 13.8 Å². The van der Waals surface area contributed by atoms with E-state index in [2.05, 4.69) is 15.0 Å². The maximum atomic E-state index is 12.4. The summed E-state index contributed by atoms with van der Waals surface area (Å²) in [6, 6.07) is 11.0. The van der Waals surface area contributed by atoms with Gasteiger partial charge in [0.1, 0.15) is 0 Å². The number of halogens is 1. The Morgan fingerprint density at radius 3 is 2.50 bits per heavy atom. The van der Waals surface area contributed by atoms with Crippen molar-refractivity contribution in [3.63, 3.8) is 0 Å². The minimum atomic E-state index is -3.72. The number of carbonyl (C=O) groups excluding carboxylic acids is 1. The molecule has 0 bridgehead atoms. The zero-order valence-corrected chi connectivity index (χ0v) is 16.4. The Kier molecular flexibility index (Phi) is 5.17. The average molecular weight is 410 g/mol.